The number of benzene rings is 1. The summed E-state index contributed by atoms with van der Waals surface area (Å²) < 4.78 is 0. The van der Waals surface area contributed by atoms with Crippen molar-refractivity contribution >= 4 is 28.6 Å². The number of rotatable bonds is 7. The molecule has 0 atom stereocenters. The van der Waals surface area contributed by atoms with E-state index in [4.69, 9.17) is 5.11 Å². The molecule has 2 aromatic rings. The number of aliphatic carboxylic acids is 1. The normalized spacial score (nSPS) is 21.4. The molecule has 7 nitrogen and oxygen atoms in total. The predicted octanol–water partition coefficient (Wildman–Crippen LogP) is 2.99. The SMILES string of the molecule is Cc1ccc2cccc(NC(=O)NC3CC(N(CC(=O)O)CC4CC4)C3)c2n1. The molecular weight excluding hydrogens is 356 g/mol. The number of carboxylic acid groups (broad SMARTS) is 1. The number of carboxylic acids is 1. The zero-order chi connectivity index (χ0) is 19.7. The van der Waals surface area contributed by atoms with E-state index in [9.17, 15) is 9.59 Å². The molecule has 1 heterocycles. The van der Waals surface area contributed by atoms with Crippen LogP contribution in [0.15, 0.2) is 30.3 Å². The number of pyridine rings is 1. The van der Waals surface area contributed by atoms with Crippen LogP contribution in [0.3, 0.4) is 0 Å². The number of carbonyl (C=O) groups excluding carboxylic acids is 1. The summed E-state index contributed by atoms with van der Waals surface area (Å²) >= 11 is 0. The van der Waals surface area contributed by atoms with Gasteiger partial charge in [-0.25, -0.2) is 4.79 Å². The number of nitrogens with zero attached hydrogens (tertiary/aromatic N) is 2. The lowest BCUT2D eigenvalue weighted by Crippen LogP contribution is -2.55. The minimum Gasteiger partial charge on any atom is -0.480 e. The summed E-state index contributed by atoms with van der Waals surface area (Å²) in [5, 5.41) is 16.0. The molecule has 0 aliphatic heterocycles. The second-order valence-electron chi connectivity index (χ2n) is 8.02. The highest BCUT2D eigenvalue weighted by atomic mass is 16.4. The molecule has 7 heteroatoms. The Bertz CT molecular complexity index is 890. The first-order chi connectivity index (χ1) is 13.5. The third kappa shape index (κ3) is 4.42. The fraction of sp³-hybridized carbons (Fsp3) is 0.476. The quantitative estimate of drug-likeness (QED) is 0.684. The van der Waals surface area contributed by atoms with Gasteiger partial charge in [0.1, 0.15) is 0 Å². The second-order valence-corrected chi connectivity index (χ2v) is 8.02. The first-order valence-corrected chi connectivity index (χ1v) is 9.87. The van der Waals surface area contributed by atoms with E-state index in [1.165, 1.54) is 12.8 Å². The van der Waals surface area contributed by atoms with Crippen LogP contribution >= 0.6 is 0 Å². The van der Waals surface area contributed by atoms with E-state index in [-0.39, 0.29) is 24.7 Å². The molecule has 0 radical (unpaired) electrons. The second kappa shape index (κ2) is 7.75. The summed E-state index contributed by atoms with van der Waals surface area (Å²) in [4.78, 5) is 30.1. The van der Waals surface area contributed by atoms with Gasteiger partial charge in [-0.15, -0.1) is 0 Å². The fourth-order valence-electron chi connectivity index (χ4n) is 3.84. The van der Waals surface area contributed by atoms with E-state index in [2.05, 4.69) is 20.5 Å². The maximum absolute atomic E-state index is 12.4. The van der Waals surface area contributed by atoms with Crippen LogP contribution < -0.4 is 10.6 Å². The number of carbonyl (C=O) groups is 2. The number of nitrogens with one attached hydrogen (secondary N) is 2. The summed E-state index contributed by atoms with van der Waals surface area (Å²) in [5.74, 6) is -0.134. The number of para-hydroxylation sites is 1. The lowest BCUT2D eigenvalue weighted by molar-refractivity contribution is -0.139. The Kier molecular flexibility index (Phi) is 5.17. The molecule has 4 rings (SSSR count). The van der Waals surface area contributed by atoms with Crippen molar-refractivity contribution < 1.29 is 14.7 Å². The van der Waals surface area contributed by atoms with E-state index in [1.54, 1.807) is 0 Å². The molecule has 2 saturated carbocycles. The lowest BCUT2D eigenvalue weighted by Gasteiger charge is -2.42. The molecule has 0 spiro atoms. The Morgan fingerprint density at radius 3 is 2.71 bits per heavy atom. The summed E-state index contributed by atoms with van der Waals surface area (Å²) in [5.41, 5.74) is 2.37. The van der Waals surface area contributed by atoms with Crippen LogP contribution in [0.5, 0.6) is 0 Å². The summed E-state index contributed by atoms with van der Waals surface area (Å²) in [6.45, 7) is 2.87. The van der Waals surface area contributed by atoms with Crippen LogP contribution in [0, 0.1) is 12.8 Å². The van der Waals surface area contributed by atoms with E-state index in [0.29, 0.717) is 11.6 Å². The predicted molar refractivity (Wildman–Crippen MR) is 107 cm³/mol. The van der Waals surface area contributed by atoms with Crippen molar-refractivity contribution in [3.63, 3.8) is 0 Å². The fourth-order valence-corrected chi connectivity index (χ4v) is 3.84. The number of urea groups is 1. The maximum atomic E-state index is 12.4. The summed E-state index contributed by atoms with van der Waals surface area (Å²) in [6, 6.07) is 9.73. The van der Waals surface area contributed by atoms with Gasteiger partial charge >= 0.3 is 12.0 Å². The average molecular weight is 382 g/mol. The number of anilines is 1. The van der Waals surface area contributed by atoms with Gasteiger partial charge in [-0.2, -0.15) is 0 Å². The highest BCUT2D eigenvalue weighted by Crippen LogP contribution is 2.33. The topological polar surface area (TPSA) is 94.6 Å². The first kappa shape index (κ1) is 18.7. The number of amides is 2. The molecule has 148 valence electrons. The smallest absolute Gasteiger partial charge is 0.319 e. The maximum Gasteiger partial charge on any atom is 0.319 e. The van der Waals surface area contributed by atoms with Crippen LogP contribution in [0.1, 0.15) is 31.4 Å². The molecule has 0 saturated heterocycles. The van der Waals surface area contributed by atoms with Gasteiger partial charge in [0.25, 0.3) is 0 Å². The van der Waals surface area contributed by atoms with Crippen molar-refractivity contribution in [1.82, 2.24) is 15.2 Å². The van der Waals surface area contributed by atoms with Gasteiger partial charge in [-0.3, -0.25) is 14.7 Å². The van der Waals surface area contributed by atoms with Crippen molar-refractivity contribution in [3.8, 4) is 0 Å². The van der Waals surface area contributed by atoms with E-state index < -0.39 is 5.97 Å². The van der Waals surface area contributed by atoms with Crippen LogP contribution in [-0.2, 0) is 4.79 Å². The number of hydrogen-bond acceptors (Lipinski definition) is 4. The third-order valence-corrected chi connectivity index (χ3v) is 5.60. The monoisotopic (exact) mass is 382 g/mol. The highest BCUT2D eigenvalue weighted by molar-refractivity contribution is 5.99. The Labute approximate surface area is 164 Å². The van der Waals surface area contributed by atoms with Crippen LogP contribution in [0.25, 0.3) is 10.9 Å². The minimum absolute atomic E-state index is 0.0742. The molecule has 3 N–H and O–H groups in total. The van der Waals surface area contributed by atoms with E-state index >= 15 is 0 Å². The Balaban J connectivity index is 1.32. The van der Waals surface area contributed by atoms with Gasteiger partial charge in [0, 0.05) is 29.7 Å². The molecule has 1 aromatic carbocycles. The van der Waals surface area contributed by atoms with Crippen LogP contribution in [0.4, 0.5) is 10.5 Å². The summed E-state index contributed by atoms with van der Waals surface area (Å²) in [7, 11) is 0. The Morgan fingerprint density at radius 2 is 2.00 bits per heavy atom. The number of aromatic nitrogens is 1. The van der Waals surface area contributed by atoms with Gasteiger partial charge in [0.15, 0.2) is 0 Å². The van der Waals surface area contributed by atoms with Gasteiger partial charge in [0.2, 0.25) is 0 Å². The minimum atomic E-state index is -0.784. The van der Waals surface area contributed by atoms with E-state index in [1.807, 2.05) is 37.3 Å². The van der Waals surface area contributed by atoms with Crippen molar-refractivity contribution in [2.75, 3.05) is 18.4 Å². The number of hydrogen-bond donors (Lipinski definition) is 3. The molecule has 0 unspecified atom stereocenters. The van der Waals surface area contributed by atoms with Crippen molar-refractivity contribution in [2.45, 2.75) is 44.7 Å². The molecule has 2 aliphatic carbocycles. The molecule has 28 heavy (non-hydrogen) atoms. The lowest BCUT2D eigenvalue weighted by atomic mass is 9.85. The molecular formula is C21H26N4O3. The standard InChI is InChI=1S/C21H26N4O3/c1-13-5-8-15-3-2-4-18(20(15)22-13)24-21(28)23-16-9-17(10-16)25(12-19(26)27)11-14-6-7-14/h2-5,8,14,16-17H,6-7,9-12H2,1H3,(H,26,27)(H2,23,24,28). The van der Waals surface area contributed by atoms with Gasteiger partial charge in [-0.05, 0) is 50.7 Å². The third-order valence-electron chi connectivity index (χ3n) is 5.60. The largest absolute Gasteiger partial charge is 0.480 e. The first-order valence-electron chi connectivity index (χ1n) is 9.87. The highest BCUT2D eigenvalue weighted by Gasteiger charge is 2.37. The van der Waals surface area contributed by atoms with Crippen molar-refractivity contribution in [1.29, 1.82) is 0 Å². The van der Waals surface area contributed by atoms with Crippen LogP contribution in [-0.4, -0.2) is 52.2 Å². The zero-order valence-electron chi connectivity index (χ0n) is 16.0. The van der Waals surface area contributed by atoms with Gasteiger partial charge in [0.05, 0.1) is 17.7 Å². The van der Waals surface area contributed by atoms with E-state index in [0.717, 1.165) is 36.0 Å². The molecule has 1 aromatic heterocycles. The van der Waals surface area contributed by atoms with Crippen molar-refractivity contribution in [3.05, 3.63) is 36.0 Å². The molecule has 2 amide bonds. The summed E-state index contributed by atoms with van der Waals surface area (Å²) in [6.07, 6.45) is 3.98. The molecule has 2 fully saturated rings. The van der Waals surface area contributed by atoms with Crippen molar-refractivity contribution in [2.24, 2.45) is 5.92 Å². The van der Waals surface area contributed by atoms with Crippen LogP contribution in [0.2, 0.25) is 0 Å². The Hall–Kier alpha value is -2.67. The van der Waals surface area contributed by atoms with Gasteiger partial charge in [-0.1, -0.05) is 18.2 Å². The number of fused-ring (bicyclic) bond motifs is 1. The molecule has 0 bridgehead atoms. The zero-order valence-corrected chi connectivity index (χ0v) is 16.0. The van der Waals surface area contributed by atoms with Gasteiger partial charge < -0.3 is 15.7 Å². The molecule has 2 aliphatic rings. The Morgan fingerprint density at radius 1 is 1.21 bits per heavy atom. The number of aryl methyl sites for hydroxylation is 1. The average Bonchev–Trinajstić information content (AvgIpc) is 3.41.